The predicted molar refractivity (Wildman–Crippen MR) is 123 cm³/mol. The van der Waals surface area contributed by atoms with Crippen LogP contribution in [-0.4, -0.2) is 6.61 Å². The van der Waals surface area contributed by atoms with E-state index < -0.39 is 6.72 Å². The summed E-state index contributed by atoms with van der Waals surface area (Å²) in [7, 11) is 0. The van der Waals surface area contributed by atoms with Gasteiger partial charge in [0.2, 0.25) is 0 Å². The molecule has 0 spiro atoms. The molecule has 0 saturated carbocycles. The fraction of sp³-hybridized carbons (Fsp3) is 1.00. The molecule has 0 aliphatic heterocycles. The predicted octanol–water partition coefficient (Wildman–Crippen LogP) is 7.16. The molecule has 0 bridgehead atoms. The lowest BCUT2D eigenvalue weighted by Gasteiger charge is -2.34. The maximum atomic E-state index is 10.7. The van der Waals surface area contributed by atoms with Crippen LogP contribution < -0.4 is 9.79 Å². The summed E-state index contributed by atoms with van der Waals surface area (Å²) in [5.41, 5.74) is 0. The van der Waals surface area contributed by atoms with Gasteiger partial charge in [-0.05, 0) is 6.42 Å². The third kappa shape index (κ3) is 26.5. The van der Waals surface area contributed by atoms with Gasteiger partial charge in [-0.25, -0.2) is 0 Å². The van der Waals surface area contributed by atoms with Crippen LogP contribution in [0.4, 0.5) is 0 Å². The van der Waals surface area contributed by atoms with Crippen LogP contribution in [-0.2, 0) is 16.3 Å². The molecule has 0 fully saturated rings. The van der Waals surface area contributed by atoms with Crippen molar-refractivity contribution in [2.24, 2.45) is 0 Å². The summed E-state index contributed by atoms with van der Waals surface area (Å²) >= 11 is 4.19. The minimum Gasteiger partial charge on any atom is -0.812 e. The molecule has 170 valence electrons. The van der Waals surface area contributed by atoms with Crippen molar-refractivity contribution in [1.82, 2.24) is 0 Å². The minimum absolute atomic E-state index is 0.253. The van der Waals surface area contributed by atoms with Crippen molar-refractivity contribution in [2.75, 3.05) is 6.61 Å². The standard InChI is InChI=1S/C23H49O3PS/c1-2-3-4-5-6-7-8-9-10-11-12-13-14-15-16-17-18-19-20-21-22-23-26-27(24,25)28/h2-23H2,1H3,(H2,24,25,28)/p-2. The van der Waals surface area contributed by atoms with E-state index in [9.17, 15) is 9.79 Å². The van der Waals surface area contributed by atoms with Crippen LogP contribution in [0.3, 0.4) is 0 Å². The molecular formula is C23H47O3PS-2. The van der Waals surface area contributed by atoms with E-state index in [1.165, 1.54) is 122 Å². The van der Waals surface area contributed by atoms with Crippen LogP contribution in [0.5, 0.6) is 0 Å². The smallest absolute Gasteiger partial charge is 0.0486 e. The number of rotatable bonds is 23. The summed E-state index contributed by atoms with van der Waals surface area (Å²) in [6, 6.07) is 0. The van der Waals surface area contributed by atoms with Gasteiger partial charge in [-0.2, -0.15) is 0 Å². The van der Waals surface area contributed by atoms with Crippen molar-refractivity contribution in [3.8, 4) is 0 Å². The Morgan fingerprint density at radius 1 is 0.500 bits per heavy atom. The molecular weight excluding hydrogens is 387 g/mol. The van der Waals surface area contributed by atoms with Crippen LogP contribution in [0.15, 0.2) is 0 Å². The van der Waals surface area contributed by atoms with Crippen LogP contribution >= 0.6 is 6.72 Å². The Morgan fingerprint density at radius 2 is 0.750 bits per heavy atom. The van der Waals surface area contributed by atoms with Gasteiger partial charge in [0.1, 0.15) is 0 Å². The van der Waals surface area contributed by atoms with Crippen molar-refractivity contribution in [3.63, 3.8) is 0 Å². The average molecular weight is 435 g/mol. The Bertz CT molecular complexity index is 347. The van der Waals surface area contributed by atoms with E-state index >= 15 is 0 Å². The van der Waals surface area contributed by atoms with Crippen LogP contribution in [0.2, 0.25) is 0 Å². The van der Waals surface area contributed by atoms with Crippen molar-refractivity contribution in [1.29, 1.82) is 0 Å². The Labute approximate surface area is 181 Å². The topological polar surface area (TPSA) is 55.3 Å². The summed E-state index contributed by atoms with van der Waals surface area (Å²) in [6.45, 7) is -1.39. The monoisotopic (exact) mass is 434 g/mol. The first kappa shape index (κ1) is 28.5. The third-order valence-electron chi connectivity index (χ3n) is 5.50. The van der Waals surface area contributed by atoms with Gasteiger partial charge < -0.3 is 14.3 Å². The molecule has 0 aromatic heterocycles. The van der Waals surface area contributed by atoms with Gasteiger partial charge in [0.05, 0.1) is 0 Å². The molecule has 0 aliphatic rings. The molecule has 0 N–H and O–H groups in total. The van der Waals surface area contributed by atoms with Gasteiger partial charge in [-0.15, -0.1) is 11.8 Å². The lowest BCUT2D eigenvalue weighted by Crippen LogP contribution is -2.16. The van der Waals surface area contributed by atoms with E-state index in [1.54, 1.807) is 0 Å². The molecule has 0 aliphatic carbocycles. The summed E-state index contributed by atoms with van der Waals surface area (Å²) in [6.07, 6.45) is 28.3. The Morgan fingerprint density at radius 3 is 1.00 bits per heavy atom. The van der Waals surface area contributed by atoms with Gasteiger partial charge in [-0.3, -0.25) is 0 Å². The first-order valence-corrected chi connectivity index (χ1v) is 14.8. The van der Waals surface area contributed by atoms with Crippen LogP contribution in [0, 0.1) is 0 Å². The molecule has 0 aromatic rings. The highest BCUT2D eigenvalue weighted by atomic mass is 32.5. The second kappa shape index (κ2) is 22.2. The summed E-state index contributed by atoms with van der Waals surface area (Å²) < 4.78 is 4.58. The molecule has 0 saturated heterocycles. The first-order chi connectivity index (χ1) is 13.6. The highest BCUT2D eigenvalue weighted by Gasteiger charge is 1.96. The summed E-state index contributed by atoms with van der Waals surface area (Å²) in [5.74, 6) is 0. The van der Waals surface area contributed by atoms with Crippen LogP contribution in [0.1, 0.15) is 142 Å². The third-order valence-corrected chi connectivity index (χ3v) is 6.31. The molecule has 0 atom stereocenters. The van der Waals surface area contributed by atoms with Crippen LogP contribution in [0.25, 0.3) is 0 Å². The lowest BCUT2D eigenvalue weighted by molar-refractivity contribution is -0.321. The van der Waals surface area contributed by atoms with E-state index in [0.29, 0.717) is 0 Å². The maximum Gasteiger partial charge on any atom is 0.0486 e. The number of unbranched alkanes of at least 4 members (excludes halogenated alkanes) is 20. The molecule has 5 heteroatoms. The highest BCUT2D eigenvalue weighted by Crippen LogP contribution is 2.25. The molecule has 0 amide bonds. The quantitative estimate of drug-likeness (QED) is 0.126. The second-order valence-corrected chi connectivity index (χ2v) is 10.8. The first-order valence-electron chi connectivity index (χ1n) is 12.2. The normalized spacial score (nSPS) is 12.0. The molecule has 28 heavy (non-hydrogen) atoms. The number of hydrogen-bond donors (Lipinski definition) is 0. The van der Waals surface area contributed by atoms with Gasteiger partial charge >= 0.3 is 0 Å². The summed E-state index contributed by atoms with van der Waals surface area (Å²) in [5, 5.41) is 0. The van der Waals surface area contributed by atoms with Crippen molar-refractivity contribution >= 4 is 18.5 Å². The Hall–Kier alpha value is 0.530. The molecule has 0 aromatic carbocycles. The molecule has 0 heterocycles. The molecule has 3 nitrogen and oxygen atoms in total. The largest absolute Gasteiger partial charge is 0.812 e. The number of hydrogen-bond acceptors (Lipinski definition) is 4. The van der Waals surface area contributed by atoms with E-state index in [4.69, 9.17) is 0 Å². The molecule has 0 rings (SSSR count). The zero-order valence-corrected chi connectivity index (χ0v) is 20.3. The van der Waals surface area contributed by atoms with E-state index in [0.717, 1.165) is 12.8 Å². The van der Waals surface area contributed by atoms with Gasteiger partial charge in [0.15, 0.2) is 0 Å². The second-order valence-electron chi connectivity index (χ2n) is 8.35. The fourth-order valence-corrected chi connectivity index (χ4v) is 4.29. The van der Waals surface area contributed by atoms with E-state index in [2.05, 4.69) is 23.3 Å². The van der Waals surface area contributed by atoms with Crippen molar-refractivity contribution in [2.45, 2.75) is 142 Å². The van der Waals surface area contributed by atoms with Crippen molar-refractivity contribution < 1.29 is 14.3 Å². The average Bonchev–Trinajstić information content (AvgIpc) is 2.65. The molecule has 0 radical (unpaired) electrons. The van der Waals surface area contributed by atoms with Gasteiger partial charge in [-0.1, -0.05) is 142 Å². The SMILES string of the molecule is CCCCCCCCCCCCCCCCCCCCCCCOP([O-])([O-])=S. The Balaban J connectivity index is 3.02. The maximum absolute atomic E-state index is 10.7. The molecule has 0 unspecified atom stereocenters. The zero-order chi connectivity index (χ0) is 20.8. The van der Waals surface area contributed by atoms with E-state index in [-0.39, 0.29) is 6.61 Å². The fourth-order valence-electron chi connectivity index (χ4n) is 3.71. The lowest BCUT2D eigenvalue weighted by atomic mass is 10.0. The minimum atomic E-state index is -3.93. The van der Waals surface area contributed by atoms with Crippen molar-refractivity contribution in [3.05, 3.63) is 0 Å². The van der Waals surface area contributed by atoms with Gasteiger partial charge in [0, 0.05) is 6.61 Å². The summed E-state index contributed by atoms with van der Waals surface area (Å²) in [4.78, 5) is 21.3. The Kier molecular flexibility index (Phi) is 22.6. The zero-order valence-electron chi connectivity index (χ0n) is 18.6. The van der Waals surface area contributed by atoms with E-state index in [1.807, 2.05) is 0 Å². The highest BCUT2D eigenvalue weighted by molar-refractivity contribution is 8.05. The van der Waals surface area contributed by atoms with Gasteiger partial charge in [0.25, 0.3) is 0 Å².